The average Bonchev–Trinajstić information content (AvgIpc) is 3.18. The molecule has 7 heteroatoms. The molecule has 4 aromatic rings. The van der Waals surface area contributed by atoms with E-state index in [9.17, 15) is 0 Å². The summed E-state index contributed by atoms with van der Waals surface area (Å²) in [6.07, 6.45) is 3.49. The minimum absolute atomic E-state index is 0.203. The lowest BCUT2D eigenvalue weighted by Gasteiger charge is -2.40. The minimum Gasteiger partial charge on any atom is -0.353 e. The highest BCUT2D eigenvalue weighted by atomic mass is 35.5. The number of rotatable bonds is 4. The SMILES string of the molecule is Cn1ncc2c(N3CCN(C(c4ccccc4)c4ccc(Cl)cc4)CC3)ncnc21. The van der Waals surface area contributed by atoms with E-state index >= 15 is 0 Å². The van der Waals surface area contributed by atoms with Crippen molar-refractivity contribution in [3.63, 3.8) is 0 Å². The maximum atomic E-state index is 6.15. The highest BCUT2D eigenvalue weighted by Gasteiger charge is 2.27. The maximum absolute atomic E-state index is 6.15. The van der Waals surface area contributed by atoms with Crippen molar-refractivity contribution < 1.29 is 0 Å². The molecule has 2 aromatic heterocycles. The lowest BCUT2D eigenvalue weighted by atomic mass is 9.96. The molecular formula is C23H23ClN6. The second-order valence-electron chi connectivity index (χ2n) is 7.59. The number of aromatic nitrogens is 4. The number of fused-ring (bicyclic) bond motifs is 1. The van der Waals surface area contributed by atoms with Gasteiger partial charge in [-0.15, -0.1) is 0 Å². The normalized spacial score (nSPS) is 16.1. The average molecular weight is 419 g/mol. The highest BCUT2D eigenvalue weighted by Crippen LogP contribution is 2.31. The summed E-state index contributed by atoms with van der Waals surface area (Å²) in [5, 5.41) is 6.12. The van der Waals surface area contributed by atoms with Crippen molar-refractivity contribution in [2.45, 2.75) is 6.04 Å². The van der Waals surface area contributed by atoms with Crippen molar-refractivity contribution in [3.8, 4) is 0 Å². The Morgan fingerprint density at radius 3 is 2.30 bits per heavy atom. The van der Waals surface area contributed by atoms with E-state index in [0.717, 1.165) is 48.1 Å². The summed E-state index contributed by atoms with van der Waals surface area (Å²) in [7, 11) is 1.91. The van der Waals surface area contributed by atoms with Crippen molar-refractivity contribution in [1.29, 1.82) is 0 Å². The Hall–Kier alpha value is -2.96. The highest BCUT2D eigenvalue weighted by molar-refractivity contribution is 6.30. The molecule has 0 saturated carbocycles. The molecule has 1 aliphatic heterocycles. The number of hydrogen-bond donors (Lipinski definition) is 0. The third-order valence-corrected chi connectivity index (χ3v) is 6.04. The Bertz CT molecular complexity index is 1130. The third-order valence-electron chi connectivity index (χ3n) is 5.79. The van der Waals surface area contributed by atoms with E-state index in [1.165, 1.54) is 11.1 Å². The fraction of sp³-hybridized carbons (Fsp3) is 0.261. The summed E-state index contributed by atoms with van der Waals surface area (Å²) in [5.41, 5.74) is 3.42. The predicted octanol–water partition coefficient (Wildman–Crippen LogP) is 3.93. The molecule has 2 aromatic carbocycles. The van der Waals surface area contributed by atoms with E-state index in [-0.39, 0.29) is 6.04 Å². The van der Waals surface area contributed by atoms with Gasteiger partial charge in [-0.3, -0.25) is 9.58 Å². The number of nitrogens with zero attached hydrogens (tertiary/aromatic N) is 6. The van der Waals surface area contributed by atoms with Gasteiger partial charge in [0.25, 0.3) is 0 Å². The molecule has 1 atom stereocenters. The molecule has 0 N–H and O–H groups in total. The van der Waals surface area contributed by atoms with Gasteiger partial charge < -0.3 is 4.90 Å². The zero-order valence-electron chi connectivity index (χ0n) is 16.8. The Morgan fingerprint density at radius 2 is 1.57 bits per heavy atom. The topological polar surface area (TPSA) is 50.1 Å². The number of halogens is 1. The van der Waals surface area contributed by atoms with E-state index < -0.39 is 0 Å². The summed E-state index contributed by atoms with van der Waals surface area (Å²) >= 11 is 6.15. The molecule has 0 aliphatic carbocycles. The summed E-state index contributed by atoms with van der Waals surface area (Å²) in [4.78, 5) is 13.8. The van der Waals surface area contributed by atoms with Gasteiger partial charge in [-0.2, -0.15) is 5.10 Å². The summed E-state index contributed by atoms with van der Waals surface area (Å²) < 4.78 is 1.79. The molecule has 1 aliphatic rings. The molecule has 0 amide bonds. The van der Waals surface area contributed by atoms with Gasteiger partial charge in [-0.25, -0.2) is 9.97 Å². The number of anilines is 1. The predicted molar refractivity (Wildman–Crippen MR) is 120 cm³/mol. The molecule has 0 spiro atoms. The molecule has 1 unspecified atom stereocenters. The van der Waals surface area contributed by atoms with Crippen LogP contribution >= 0.6 is 11.6 Å². The first-order valence-electron chi connectivity index (χ1n) is 10.1. The molecule has 0 radical (unpaired) electrons. The van der Waals surface area contributed by atoms with Gasteiger partial charge in [-0.05, 0) is 23.3 Å². The van der Waals surface area contributed by atoms with Crippen LogP contribution in [0.5, 0.6) is 0 Å². The van der Waals surface area contributed by atoms with Crippen molar-refractivity contribution >= 4 is 28.5 Å². The standard InChI is InChI=1S/C23H23ClN6/c1-28-22-20(15-27-28)23(26-16-25-22)30-13-11-29(12-14-30)21(17-5-3-2-4-6-17)18-7-9-19(24)10-8-18/h2-10,15-16,21H,11-14H2,1H3. The molecular weight excluding hydrogens is 396 g/mol. The van der Waals surface area contributed by atoms with Crippen LogP contribution in [-0.4, -0.2) is 50.8 Å². The second kappa shape index (κ2) is 8.05. The molecule has 5 rings (SSSR count). The number of hydrogen-bond acceptors (Lipinski definition) is 5. The van der Waals surface area contributed by atoms with Gasteiger partial charge in [-0.1, -0.05) is 54.1 Å². The Balaban J connectivity index is 1.41. The molecule has 1 saturated heterocycles. The first kappa shape index (κ1) is 19.0. The Morgan fingerprint density at radius 1 is 0.867 bits per heavy atom. The first-order chi connectivity index (χ1) is 14.7. The second-order valence-corrected chi connectivity index (χ2v) is 8.03. The zero-order valence-corrected chi connectivity index (χ0v) is 17.6. The molecule has 0 bridgehead atoms. The van der Waals surface area contributed by atoms with Gasteiger partial charge in [0, 0.05) is 38.2 Å². The molecule has 30 heavy (non-hydrogen) atoms. The van der Waals surface area contributed by atoms with Crippen molar-refractivity contribution in [3.05, 3.63) is 83.3 Å². The third kappa shape index (κ3) is 3.53. The van der Waals surface area contributed by atoms with Crippen LogP contribution in [0, 0.1) is 0 Å². The van der Waals surface area contributed by atoms with E-state index in [0.29, 0.717) is 0 Å². The number of benzene rings is 2. The lowest BCUT2D eigenvalue weighted by Crippen LogP contribution is -2.48. The Kier molecular flexibility index (Phi) is 5.11. The fourth-order valence-corrected chi connectivity index (χ4v) is 4.41. The van der Waals surface area contributed by atoms with Crippen molar-refractivity contribution in [1.82, 2.24) is 24.6 Å². The van der Waals surface area contributed by atoms with E-state index in [1.807, 2.05) is 25.4 Å². The van der Waals surface area contributed by atoms with Crippen molar-refractivity contribution in [2.24, 2.45) is 7.05 Å². The van der Waals surface area contributed by atoms with Gasteiger partial charge >= 0.3 is 0 Å². The van der Waals surface area contributed by atoms with Gasteiger partial charge in [0.2, 0.25) is 0 Å². The van der Waals surface area contributed by atoms with E-state index in [1.54, 1.807) is 11.0 Å². The van der Waals surface area contributed by atoms with Crippen LogP contribution in [0.15, 0.2) is 67.1 Å². The maximum Gasteiger partial charge on any atom is 0.163 e. The molecule has 152 valence electrons. The minimum atomic E-state index is 0.203. The van der Waals surface area contributed by atoms with Crippen LogP contribution in [0.1, 0.15) is 17.2 Å². The summed E-state index contributed by atoms with van der Waals surface area (Å²) in [6, 6.07) is 19.1. The van der Waals surface area contributed by atoms with Crippen LogP contribution in [-0.2, 0) is 7.05 Å². The lowest BCUT2D eigenvalue weighted by molar-refractivity contribution is 0.212. The summed E-state index contributed by atoms with van der Waals surface area (Å²) in [6.45, 7) is 3.68. The number of aryl methyl sites for hydroxylation is 1. The van der Waals surface area contributed by atoms with Crippen LogP contribution in [0.4, 0.5) is 5.82 Å². The van der Waals surface area contributed by atoms with Crippen LogP contribution < -0.4 is 4.90 Å². The van der Waals surface area contributed by atoms with Crippen LogP contribution in [0.2, 0.25) is 5.02 Å². The monoisotopic (exact) mass is 418 g/mol. The van der Waals surface area contributed by atoms with Gasteiger partial charge in [0.1, 0.15) is 12.1 Å². The van der Waals surface area contributed by atoms with Crippen LogP contribution in [0.3, 0.4) is 0 Å². The molecule has 1 fully saturated rings. The van der Waals surface area contributed by atoms with Crippen molar-refractivity contribution in [2.75, 3.05) is 31.1 Å². The van der Waals surface area contributed by atoms with E-state index in [4.69, 9.17) is 11.6 Å². The first-order valence-corrected chi connectivity index (χ1v) is 10.5. The molecule has 3 heterocycles. The quantitative estimate of drug-likeness (QED) is 0.502. The van der Waals surface area contributed by atoms with Gasteiger partial charge in [0.15, 0.2) is 5.65 Å². The Labute approximate surface area is 180 Å². The smallest absolute Gasteiger partial charge is 0.163 e. The summed E-state index contributed by atoms with van der Waals surface area (Å²) in [5.74, 6) is 0.968. The van der Waals surface area contributed by atoms with E-state index in [2.05, 4.69) is 67.3 Å². The fourth-order valence-electron chi connectivity index (χ4n) is 4.29. The van der Waals surface area contributed by atoms with Gasteiger partial charge in [0.05, 0.1) is 17.6 Å². The zero-order chi connectivity index (χ0) is 20.5. The number of piperazine rings is 1. The van der Waals surface area contributed by atoms with Crippen LogP contribution in [0.25, 0.3) is 11.0 Å². The molecule has 6 nitrogen and oxygen atoms in total. The largest absolute Gasteiger partial charge is 0.353 e.